The Bertz CT molecular complexity index is 3430. The highest BCUT2D eigenvalue weighted by Crippen LogP contribution is 2.45. The normalized spacial score (nSPS) is 19.5. The fourth-order valence-electron chi connectivity index (χ4n) is 11.3. The van der Waals surface area contributed by atoms with Gasteiger partial charge in [-0.2, -0.15) is 0 Å². The van der Waals surface area contributed by atoms with Crippen LogP contribution in [0.5, 0.6) is 0 Å². The third-order valence-corrected chi connectivity index (χ3v) is 14.6. The van der Waals surface area contributed by atoms with Crippen LogP contribution in [0.2, 0.25) is 0 Å². The highest BCUT2D eigenvalue weighted by atomic mass is 16.4. The second kappa shape index (κ2) is 15.4. The number of amides is 4. The molecule has 0 spiro atoms. The first-order valence-corrected chi connectivity index (χ1v) is 23.0. The molecule has 4 amide bonds. The maximum Gasteiger partial charge on any atom is 0.262 e. The molecular formula is C56H38N6O7. The monoisotopic (exact) mass is 906 g/mol. The zero-order valence-corrected chi connectivity index (χ0v) is 36.7. The van der Waals surface area contributed by atoms with Gasteiger partial charge < -0.3 is 4.42 Å². The summed E-state index contributed by atoms with van der Waals surface area (Å²) in [7, 11) is 0. The molecule has 2 fully saturated rings. The van der Waals surface area contributed by atoms with Crippen LogP contribution in [0.4, 0.5) is 11.4 Å². The first kappa shape index (κ1) is 40.4. The van der Waals surface area contributed by atoms with Gasteiger partial charge in [0.05, 0.1) is 46.1 Å². The lowest BCUT2D eigenvalue weighted by Crippen LogP contribution is -2.31. The van der Waals surface area contributed by atoms with E-state index >= 15 is 0 Å². The fraction of sp³-hybridized carbons (Fsp3) is 0.143. The number of aromatic nitrogens is 4. The van der Waals surface area contributed by atoms with Gasteiger partial charge in [0, 0.05) is 57.3 Å². The molecule has 13 nitrogen and oxygen atoms in total. The van der Waals surface area contributed by atoms with Gasteiger partial charge in [-0.3, -0.25) is 47.7 Å². The van der Waals surface area contributed by atoms with Gasteiger partial charge in [-0.05, 0) is 109 Å². The van der Waals surface area contributed by atoms with Crippen molar-refractivity contribution in [3.8, 4) is 22.9 Å². The Labute approximate surface area is 393 Å². The van der Waals surface area contributed by atoms with Gasteiger partial charge in [-0.25, -0.2) is 0 Å². The second-order valence-corrected chi connectivity index (χ2v) is 18.2. The average molecular weight is 907 g/mol. The van der Waals surface area contributed by atoms with Crippen LogP contribution in [0.3, 0.4) is 0 Å². The van der Waals surface area contributed by atoms with Crippen LogP contribution in [0.1, 0.15) is 43.2 Å². The van der Waals surface area contributed by atoms with Gasteiger partial charge >= 0.3 is 0 Å². The fourth-order valence-corrected chi connectivity index (χ4v) is 11.3. The second-order valence-electron chi connectivity index (χ2n) is 18.2. The smallest absolute Gasteiger partial charge is 0.262 e. The Morgan fingerprint density at radius 3 is 1.16 bits per heavy atom. The SMILES string of the molecule is O=C1C2Cc3c(n(C(=O)c4ccccc4)c4ccccc34)CC2C(=O)N1c1ccc(-c2nnc(-c3ccc(N4C(=O)[C@H]5Cc6c(c7ccccc7n6C(=O)c6ccccc6)C[C@H]5C4=O)cc3)o2)cc1. The maximum atomic E-state index is 14.1. The molecule has 69 heavy (non-hydrogen) atoms. The summed E-state index contributed by atoms with van der Waals surface area (Å²) < 4.78 is 9.53. The lowest BCUT2D eigenvalue weighted by Gasteiger charge is -2.23. The number of hydrogen-bond acceptors (Lipinski definition) is 9. The van der Waals surface area contributed by atoms with Gasteiger partial charge in [0.15, 0.2) is 0 Å². The van der Waals surface area contributed by atoms with E-state index in [9.17, 15) is 28.8 Å². The van der Waals surface area contributed by atoms with E-state index in [0.29, 0.717) is 46.5 Å². The van der Waals surface area contributed by atoms with E-state index < -0.39 is 23.7 Å². The molecule has 2 saturated heterocycles. The topological polar surface area (TPSA) is 158 Å². The summed E-state index contributed by atoms with van der Waals surface area (Å²) in [4.78, 5) is 86.8. The van der Waals surface area contributed by atoms with Crippen LogP contribution in [-0.2, 0) is 44.9 Å². The van der Waals surface area contributed by atoms with Gasteiger partial charge in [-0.15, -0.1) is 10.2 Å². The summed E-state index contributed by atoms with van der Waals surface area (Å²) in [5, 5.41) is 10.4. The Balaban J connectivity index is 0.716. The molecule has 334 valence electrons. The molecule has 5 heterocycles. The number of nitrogens with zero attached hydrogens (tertiary/aromatic N) is 6. The minimum Gasteiger partial charge on any atom is -0.416 e. The van der Waals surface area contributed by atoms with E-state index in [0.717, 1.165) is 44.3 Å². The Hall–Kier alpha value is -8.84. The van der Waals surface area contributed by atoms with Crippen LogP contribution < -0.4 is 9.80 Å². The number of rotatable bonds is 6. The molecule has 0 saturated carbocycles. The molecule has 0 bridgehead atoms. The molecular weight excluding hydrogens is 869 g/mol. The summed E-state index contributed by atoms with van der Waals surface area (Å²) in [5.74, 6) is -3.45. The molecule has 2 unspecified atom stereocenters. The number of hydrogen-bond donors (Lipinski definition) is 0. The van der Waals surface area contributed by atoms with Crippen LogP contribution >= 0.6 is 0 Å². The Kier molecular flexibility index (Phi) is 9.00. The van der Waals surface area contributed by atoms with E-state index in [1.54, 1.807) is 81.9 Å². The van der Waals surface area contributed by atoms with Crippen molar-refractivity contribution in [2.75, 3.05) is 9.80 Å². The quantitative estimate of drug-likeness (QED) is 0.149. The number of carbonyl (C=O) groups is 6. The maximum absolute atomic E-state index is 14.1. The van der Waals surface area contributed by atoms with Crippen LogP contribution in [0.15, 0.2) is 162 Å². The number of benzene rings is 6. The predicted octanol–water partition coefficient (Wildman–Crippen LogP) is 8.50. The standard InChI is InChI=1S/C56H38N6O7/c63-51(33-11-3-1-4-12-33)61-45-17-9-7-15-37(45)39-27-41-43(29-47(39)61)55(67)59(53(41)65)35-23-19-31(20-24-35)49-57-58-50(69-49)32-21-25-36(26-22-32)60-54(66)42-28-40-38-16-8-10-18-46(38)62(48(40)30-44(42)56(60)68)52(64)34-13-5-2-6-14-34/h1-26,41-44H,27-30H2/t41-,42?,43+,44?/m1/s1. The van der Waals surface area contributed by atoms with Gasteiger partial charge in [0.25, 0.3) is 11.8 Å². The minimum atomic E-state index is -0.619. The number of para-hydroxylation sites is 2. The summed E-state index contributed by atoms with van der Waals surface area (Å²) in [6, 6.07) is 47.1. The van der Waals surface area contributed by atoms with Crippen molar-refractivity contribution >= 4 is 68.6 Å². The molecule has 4 atom stereocenters. The average Bonchev–Trinajstić information content (AvgIpc) is 4.20. The lowest BCUT2D eigenvalue weighted by molar-refractivity contribution is -0.124. The van der Waals surface area contributed by atoms with Crippen LogP contribution in [0, 0.1) is 23.7 Å². The van der Waals surface area contributed by atoms with E-state index in [1.807, 2.05) is 84.9 Å². The molecule has 0 radical (unpaired) electrons. The number of anilines is 2. The van der Waals surface area contributed by atoms with E-state index in [1.165, 1.54) is 9.80 Å². The van der Waals surface area contributed by atoms with Crippen molar-refractivity contribution in [1.82, 2.24) is 19.3 Å². The molecule has 13 heteroatoms. The number of imide groups is 2. The van der Waals surface area contributed by atoms with Crippen molar-refractivity contribution in [3.05, 3.63) is 191 Å². The van der Waals surface area contributed by atoms with Crippen molar-refractivity contribution in [2.45, 2.75) is 25.7 Å². The van der Waals surface area contributed by atoms with Gasteiger partial charge in [0.2, 0.25) is 35.4 Å². The largest absolute Gasteiger partial charge is 0.416 e. The molecule has 2 aliphatic heterocycles. The lowest BCUT2D eigenvalue weighted by atomic mass is 9.79. The molecule has 9 aromatic rings. The molecule has 2 aliphatic carbocycles. The van der Waals surface area contributed by atoms with Crippen molar-refractivity contribution in [3.63, 3.8) is 0 Å². The van der Waals surface area contributed by atoms with Crippen LogP contribution in [0.25, 0.3) is 44.7 Å². The van der Waals surface area contributed by atoms with E-state index in [4.69, 9.17) is 4.42 Å². The molecule has 3 aromatic heterocycles. The zero-order valence-electron chi connectivity index (χ0n) is 36.7. The highest BCUT2D eigenvalue weighted by Gasteiger charge is 2.53. The molecule has 0 N–H and O–H groups in total. The zero-order chi connectivity index (χ0) is 46.7. The van der Waals surface area contributed by atoms with Crippen molar-refractivity contribution < 1.29 is 33.2 Å². The Morgan fingerprint density at radius 2 is 0.768 bits per heavy atom. The van der Waals surface area contributed by atoms with Gasteiger partial charge in [-0.1, -0.05) is 72.8 Å². The van der Waals surface area contributed by atoms with Crippen molar-refractivity contribution in [2.24, 2.45) is 23.7 Å². The van der Waals surface area contributed by atoms with Crippen molar-refractivity contribution in [1.29, 1.82) is 0 Å². The summed E-state index contributed by atoms with van der Waals surface area (Å²) in [6.07, 6.45) is 1.21. The predicted molar refractivity (Wildman–Crippen MR) is 255 cm³/mol. The summed E-state index contributed by atoms with van der Waals surface area (Å²) in [5.41, 5.74) is 7.96. The molecule has 4 aliphatic rings. The highest BCUT2D eigenvalue weighted by molar-refractivity contribution is 6.23. The summed E-state index contributed by atoms with van der Waals surface area (Å²) >= 11 is 0. The first-order chi connectivity index (χ1) is 33.7. The Morgan fingerprint density at radius 1 is 0.420 bits per heavy atom. The molecule has 6 aromatic carbocycles. The third kappa shape index (κ3) is 6.09. The number of carbonyl (C=O) groups excluding carboxylic acids is 6. The minimum absolute atomic E-state index is 0.176. The summed E-state index contributed by atoms with van der Waals surface area (Å²) in [6.45, 7) is 0. The van der Waals surface area contributed by atoms with E-state index in [-0.39, 0.29) is 60.1 Å². The van der Waals surface area contributed by atoms with E-state index in [2.05, 4.69) is 10.2 Å². The molecule has 13 rings (SSSR count). The number of fused-ring (bicyclic) bond motifs is 8. The van der Waals surface area contributed by atoms with Gasteiger partial charge in [0.1, 0.15) is 0 Å². The first-order valence-electron chi connectivity index (χ1n) is 23.0. The third-order valence-electron chi connectivity index (χ3n) is 14.6. The van der Waals surface area contributed by atoms with Crippen LogP contribution in [-0.4, -0.2) is 54.8 Å².